The van der Waals surface area contributed by atoms with Crippen molar-refractivity contribution in [1.82, 2.24) is 10.2 Å². The number of aliphatic hydroxyl groups is 1. The highest BCUT2D eigenvalue weighted by atomic mass is 16.3. The minimum absolute atomic E-state index is 0.0431. The Bertz CT molecular complexity index is 358. The van der Waals surface area contributed by atoms with E-state index in [4.69, 9.17) is 5.11 Å². The van der Waals surface area contributed by atoms with Crippen LogP contribution in [0.15, 0.2) is 12.1 Å². The molecule has 100 valence electrons. The summed E-state index contributed by atoms with van der Waals surface area (Å²) in [5.74, 6) is 1.82. The zero-order valence-electron chi connectivity index (χ0n) is 11.3. The van der Waals surface area contributed by atoms with Crippen molar-refractivity contribution < 1.29 is 5.11 Å². The average Bonchev–Trinajstić information content (AvgIpc) is 2.47. The highest BCUT2D eigenvalue weighted by Gasteiger charge is 2.23. The van der Waals surface area contributed by atoms with Crippen molar-refractivity contribution in [2.75, 3.05) is 11.9 Å². The standard InChI is InChI=1S/C14H23N3O/c1-3-11-4-7-13(8-5-11)17(2)14-9-6-12(10-18)15-16-14/h6,9,11,13,18H,3-5,7-8,10H2,1-2H3. The SMILES string of the molecule is CCC1CCC(N(C)c2ccc(CO)nn2)CC1. The maximum atomic E-state index is 8.96. The fourth-order valence-electron chi connectivity index (χ4n) is 2.75. The van der Waals surface area contributed by atoms with E-state index < -0.39 is 0 Å². The Morgan fingerprint density at radius 1 is 1.22 bits per heavy atom. The van der Waals surface area contributed by atoms with Gasteiger partial charge in [0.05, 0.1) is 12.3 Å². The third kappa shape index (κ3) is 2.99. The number of hydrogen-bond acceptors (Lipinski definition) is 4. The molecule has 0 atom stereocenters. The van der Waals surface area contributed by atoms with E-state index >= 15 is 0 Å². The van der Waals surface area contributed by atoms with Gasteiger partial charge in [-0.15, -0.1) is 5.10 Å². The molecule has 0 radical (unpaired) electrons. The average molecular weight is 249 g/mol. The maximum Gasteiger partial charge on any atom is 0.151 e. The quantitative estimate of drug-likeness (QED) is 0.890. The van der Waals surface area contributed by atoms with Crippen molar-refractivity contribution >= 4 is 5.82 Å². The minimum Gasteiger partial charge on any atom is -0.390 e. The summed E-state index contributed by atoms with van der Waals surface area (Å²) in [7, 11) is 2.10. The van der Waals surface area contributed by atoms with Crippen LogP contribution in [-0.2, 0) is 6.61 Å². The molecule has 4 nitrogen and oxygen atoms in total. The van der Waals surface area contributed by atoms with Gasteiger partial charge >= 0.3 is 0 Å². The van der Waals surface area contributed by atoms with Gasteiger partial charge in [-0.2, -0.15) is 5.10 Å². The molecule has 4 heteroatoms. The van der Waals surface area contributed by atoms with Gasteiger partial charge in [0.25, 0.3) is 0 Å². The Labute approximate surface area is 109 Å². The molecule has 1 fully saturated rings. The molecular formula is C14H23N3O. The summed E-state index contributed by atoms with van der Waals surface area (Å²) in [6.07, 6.45) is 6.46. The molecule has 1 aromatic rings. The number of rotatable bonds is 4. The summed E-state index contributed by atoms with van der Waals surface area (Å²) < 4.78 is 0. The van der Waals surface area contributed by atoms with E-state index in [1.165, 1.54) is 32.1 Å². The Morgan fingerprint density at radius 2 is 1.94 bits per heavy atom. The molecule has 0 aromatic carbocycles. The summed E-state index contributed by atoms with van der Waals surface area (Å²) in [4.78, 5) is 2.24. The van der Waals surface area contributed by atoms with Crippen LogP contribution in [0.5, 0.6) is 0 Å². The fraction of sp³-hybridized carbons (Fsp3) is 0.714. The lowest BCUT2D eigenvalue weighted by molar-refractivity contribution is 0.275. The van der Waals surface area contributed by atoms with Crippen LogP contribution in [0.4, 0.5) is 5.82 Å². The zero-order valence-corrected chi connectivity index (χ0v) is 11.3. The van der Waals surface area contributed by atoms with Crippen molar-refractivity contribution in [2.45, 2.75) is 51.7 Å². The second kappa shape index (κ2) is 6.14. The van der Waals surface area contributed by atoms with E-state index in [1.54, 1.807) is 0 Å². The number of hydrogen-bond donors (Lipinski definition) is 1. The van der Waals surface area contributed by atoms with Crippen molar-refractivity contribution in [3.8, 4) is 0 Å². The maximum absolute atomic E-state index is 8.96. The Hall–Kier alpha value is -1.16. The Balaban J connectivity index is 1.96. The summed E-state index contributed by atoms with van der Waals surface area (Å²) in [5.41, 5.74) is 0.627. The highest BCUT2D eigenvalue weighted by molar-refractivity contribution is 5.37. The first-order chi connectivity index (χ1) is 8.74. The highest BCUT2D eigenvalue weighted by Crippen LogP contribution is 2.30. The van der Waals surface area contributed by atoms with E-state index in [0.29, 0.717) is 11.7 Å². The Kier molecular flexibility index (Phi) is 4.53. The number of nitrogens with zero attached hydrogens (tertiary/aromatic N) is 3. The lowest BCUT2D eigenvalue weighted by atomic mass is 9.84. The van der Waals surface area contributed by atoms with Gasteiger partial charge in [-0.25, -0.2) is 0 Å². The third-order valence-corrected chi connectivity index (χ3v) is 4.17. The first-order valence-electron chi connectivity index (χ1n) is 6.91. The van der Waals surface area contributed by atoms with Crippen LogP contribution in [0.3, 0.4) is 0 Å². The van der Waals surface area contributed by atoms with Gasteiger partial charge in [0.1, 0.15) is 0 Å². The zero-order chi connectivity index (χ0) is 13.0. The van der Waals surface area contributed by atoms with Crippen LogP contribution < -0.4 is 4.90 Å². The van der Waals surface area contributed by atoms with E-state index in [-0.39, 0.29) is 6.61 Å². The third-order valence-electron chi connectivity index (χ3n) is 4.17. The molecule has 0 spiro atoms. The largest absolute Gasteiger partial charge is 0.390 e. The molecule has 1 heterocycles. The van der Waals surface area contributed by atoms with Crippen LogP contribution in [0.2, 0.25) is 0 Å². The molecule has 1 N–H and O–H groups in total. The van der Waals surface area contributed by atoms with Crippen LogP contribution >= 0.6 is 0 Å². The van der Waals surface area contributed by atoms with E-state index in [1.807, 2.05) is 12.1 Å². The first-order valence-corrected chi connectivity index (χ1v) is 6.91. The molecule has 2 rings (SSSR count). The Morgan fingerprint density at radius 3 is 2.44 bits per heavy atom. The van der Waals surface area contributed by atoms with E-state index in [2.05, 4.69) is 29.1 Å². The van der Waals surface area contributed by atoms with Crippen LogP contribution in [0, 0.1) is 5.92 Å². The fourth-order valence-corrected chi connectivity index (χ4v) is 2.75. The van der Waals surface area contributed by atoms with Crippen LogP contribution in [0.1, 0.15) is 44.7 Å². The second-order valence-electron chi connectivity index (χ2n) is 5.23. The van der Waals surface area contributed by atoms with Gasteiger partial charge in [-0.3, -0.25) is 0 Å². The summed E-state index contributed by atoms with van der Waals surface area (Å²) >= 11 is 0. The smallest absolute Gasteiger partial charge is 0.151 e. The van der Waals surface area contributed by atoms with Crippen molar-refractivity contribution in [3.05, 3.63) is 17.8 Å². The van der Waals surface area contributed by atoms with Crippen molar-refractivity contribution in [1.29, 1.82) is 0 Å². The molecule has 0 unspecified atom stereocenters. The van der Waals surface area contributed by atoms with E-state index in [9.17, 15) is 0 Å². The number of aromatic nitrogens is 2. The topological polar surface area (TPSA) is 49.2 Å². The van der Waals surface area contributed by atoms with Gasteiger partial charge in [0, 0.05) is 13.1 Å². The molecule has 1 aromatic heterocycles. The lowest BCUT2D eigenvalue weighted by Gasteiger charge is -2.34. The summed E-state index contributed by atoms with van der Waals surface area (Å²) in [6, 6.07) is 4.38. The van der Waals surface area contributed by atoms with E-state index in [0.717, 1.165) is 11.7 Å². The normalized spacial score (nSPS) is 23.9. The molecule has 1 aliphatic carbocycles. The lowest BCUT2D eigenvalue weighted by Crippen LogP contribution is -2.35. The summed E-state index contributed by atoms with van der Waals surface area (Å²) in [5, 5.41) is 17.1. The summed E-state index contributed by atoms with van der Waals surface area (Å²) in [6.45, 7) is 2.24. The molecular weight excluding hydrogens is 226 g/mol. The van der Waals surface area contributed by atoms with Gasteiger partial charge in [-0.05, 0) is 43.7 Å². The van der Waals surface area contributed by atoms with Crippen LogP contribution in [-0.4, -0.2) is 28.4 Å². The van der Waals surface area contributed by atoms with Gasteiger partial charge in [-0.1, -0.05) is 13.3 Å². The molecule has 1 aliphatic rings. The monoisotopic (exact) mass is 249 g/mol. The predicted octanol–water partition coefficient (Wildman–Crippen LogP) is 2.37. The first kappa shape index (κ1) is 13.3. The molecule has 0 bridgehead atoms. The van der Waals surface area contributed by atoms with Gasteiger partial charge in [0.2, 0.25) is 0 Å². The number of anilines is 1. The van der Waals surface area contributed by atoms with Crippen molar-refractivity contribution in [2.24, 2.45) is 5.92 Å². The van der Waals surface area contributed by atoms with Crippen molar-refractivity contribution in [3.63, 3.8) is 0 Å². The molecule has 0 saturated heterocycles. The number of aliphatic hydroxyl groups excluding tert-OH is 1. The second-order valence-corrected chi connectivity index (χ2v) is 5.23. The molecule has 1 saturated carbocycles. The van der Waals surface area contributed by atoms with Crippen LogP contribution in [0.25, 0.3) is 0 Å². The molecule has 0 amide bonds. The van der Waals surface area contributed by atoms with Gasteiger partial charge in [0.15, 0.2) is 5.82 Å². The predicted molar refractivity (Wildman–Crippen MR) is 72.4 cm³/mol. The van der Waals surface area contributed by atoms with Gasteiger partial charge < -0.3 is 10.0 Å². The molecule has 0 aliphatic heterocycles. The molecule has 18 heavy (non-hydrogen) atoms. The minimum atomic E-state index is -0.0431.